The van der Waals surface area contributed by atoms with Crippen molar-refractivity contribution in [3.8, 4) is 6.07 Å². The van der Waals surface area contributed by atoms with Gasteiger partial charge in [-0.25, -0.2) is 4.98 Å². The van der Waals surface area contributed by atoms with Crippen molar-refractivity contribution >= 4 is 38.4 Å². The quantitative estimate of drug-likeness (QED) is 0.741. The number of rotatable bonds is 3. The maximum atomic E-state index is 12.0. The highest BCUT2D eigenvalue weighted by molar-refractivity contribution is 9.11. The van der Waals surface area contributed by atoms with Crippen LogP contribution in [0.5, 0.6) is 0 Å². The Hall–Kier alpha value is -1.13. The lowest BCUT2D eigenvalue weighted by atomic mass is 9.95. The Bertz CT molecular complexity index is 589. The fourth-order valence-electron chi connectivity index (χ4n) is 2.52. The second-order valence-corrected chi connectivity index (χ2v) is 8.77. The van der Waals surface area contributed by atoms with Gasteiger partial charge in [0.15, 0.2) is 10.8 Å². The van der Waals surface area contributed by atoms with Gasteiger partial charge in [0.25, 0.3) is 0 Å². The van der Waals surface area contributed by atoms with Crippen LogP contribution in [0.15, 0.2) is 3.79 Å². The van der Waals surface area contributed by atoms with Crippen molar-refractivity contribution in [1.82, 2.24) is 4.98 Å². The minimum absolute atomic E-state index is 0.141. The SMILES string of the molecule is CC(C)(C)OC(=O)C[C@@H]1CCCN(c2nc(C#N)c(Br)s2)C1. The molecule has 0 aromatic carbocycles. The lowest BCUT2D eigenvalue weighted by Crippen LogP contribution is -2.37. The predicted molar refractivity (Wildman–Crippen MR) is 89.9 cm³/mol. The lowest BCUT2D eigenvalue weighted by molar-refractivity contribution is -0.156. The molecule has 5 nitrogen and oxygen atoms in total. The average Bonchev–Trinajstić information content (AvgIpc) is 2.78. The van der Waals surface area contributed by atoms with Crippen LogP contribution in [-0.2, 0) is 9.53 Å². The Morgan fingerprint density at radius 2 is 2.32 bits per heavy atom. The fraction of sp³-hybridized carbons (Fsp3) is 0.667. The zero-order valence-electron chi connectivity index (χ0n) is 13.1. The number of ether oxygens (including phenoxy) is 1. The monoisotopic (exact) mass is 385 g/mol. The van der Waals surface area contributed by atoms with Gasteiger partial charge in [-0.1, -0.05) is 11.3 Å². The second kappa shape index (κ2) is 6.97. The van der Waals surface area contributed by atoms with Gasteiger partial charge in [0, 0.05) is 13.1 Å². The first-order chi connectivity index (χ1) is 10.3. The molecule has 2 heterocycles. The van der Waals surface area contributed by atoms with Crippen LogP contribution in [0.25, 0.3) is 0 Å². The first-order valence-electron chi connectivity index (χ1n) is 7.31. The normalized spacial score (nSPS) is 18.9. The van der Waals surface area contributed by atoms with E-state index in [2.05, 4.69) is 31.9 Å². The third kappa shape index (κ3) is 4.68. The molecule has 22 heavy (non-hydrogen) atoms. The lowest BCUT2D eigenvalue weighted by Gasteiger charge is -2.32. The van der Waals surface area contributed by atoms with Crippen LogP contribution in [0.1, 0.15) is 45.7 Å². The molecule has 0 aliphatic carbocycles. The summed E-state index contributed by atoms with van der Waals surface area (Å²) in [6.45, 7) is 7.34. The highest BCUT2D eigenvalue weighted by atomic mass is 79.9. The summed E-state index contributed by atoms with van der Waals surface area (Å²) >= 11 is 4.83. The molecule has 0 radical (unpaired) electrons. The molecule has 1 saturated heterocycles. The van der Waals surface area contributed by atoms with Crippen molar-refractivity contribution in [2.75, 3.05) is 18.0 Å². The van der Waals surface area contributed by atoms with Gasteiger partial charge in [-0.15, -0.1) is 0 Å². The minimum Gasteiger partial charge on any atom is -0.460 e. The van der Waals surface area contributed by atoms with Crippen molar-refractivity contribution in [2.45, 2.75) is 45.6 Å². The number of nitriles is 1. The molecular formula is C15H20BrN3O2S. The maximum absolute atomic E-state index is 12.0. The van der Waals surface area contributed by atoms with E-state index in [9.17, 15) is 4.79 Å². The first-order valence-corrected chi connectivity index (χ1v) is 8.92. The summed E-state index contributed by atoms with van der Waals surface area (Å²) in [6, 6.07) is 2.08. The third-order valence-corrected chi connectivity index (χ3v) is 5.11. The standard InChI is InChI=1S/C15H20BrN3O2S/c1-15(2,3)21-12(20)7-10-5-4-6-19(9-10)14-18-11(8-17)13(16)22-14/h10H,4-7,9H2,1-3H3/t10-/m0/s1. The second-order valence-electron chi connectivity index (χ2n) is 6.48. The van der Waals surface area contributed by atoms with E-state index in [1.54, 1.807) is 0 Å². The molecule has 0 spiro atoms. The summed E-state index contributed by atoms with van der Waals surface area (Å²) < 4.78 is 6.16. The Balaban J connectivity index is 1.97. The van der Waals surface area contributed by atoms with Crippen molar-refractivity contribution in [3.63, 3.8) is 0 Å². The van der Waals surface area contributed by atoms with Gasteiger partial charge in [0.05, 0.1) is 6.42 Å². The molecule has 0 amide bonds. The van der Waals surface area contributed by atoms with Crippen LogP contribution in [0, 0.1) is 17.2 Å². The molecule has 0 N–H and O–H groups in total. The zero-order chi connectivity index (χ0) is 16.3. The molecule has 0 saturated carbocycles. The number of piperidine rings is 1. The number of hydrogen-bond donors (Lipinski definition) is 0. The summed E-state index contributed by atoms with van der Waals surface area (Å²) in [7, 11) is 0. The molecule has 1 fully saturated rings. The van der Waals surface area contributed by atoms with E-state index < -0.39 is 5.60 Å². The van der Waals surface area contributed by atoms with Crippen molar-refractivity contribution in [2.24, 2.45) is 5.92 Å². The number of nitrogens with zero attached hydrogens (tertiary/aromatic N) is 3. The largest absolute Gasteiger partial charge is 0.460 e. The molecule has 0 unspecified atom stereocenters. The van der Waals surface area contributed by atoms with E-state index in [0.717, 1.165) is 34.8 Å². The Labute approximate surface area is 143 Å². The Kier molecular flexibility index (Phi) is 5.45. The van der Waals surface area contributed by atoms with Gasteiger partial charge < -0.3 is 9.64 Å². The predicted octanol–water partition coefficient (Wildman–Crippen LogP) is 3.73. The number of esters is 1. The number of anilines is 1. The van der Waals surface area contributed by atoms with E-state index in [4.69, 9.17) is 10.00 Å². The van der Waals surface area contributed by atoms with Crippen LogP contribution in [0.4, 0.5) is 5.13 Å². The highest BCUT2D eigenvalue weighted by Gasteiger charge is 2.27. The number of carbonyl (C=O) groups excluding carboxylic acids is 1. The Morgan fingerprint density at radius 3 is 2.91 bits per heavy atom. The van der Waals surface area contributed by atoms with E-state index in [0.29, 0.717) is 12.1 Å². The molecule has 2 rings (SSSR count). The van der Waals surface area contributed by atoms with E-state index in [-0.39, 0.29) is 11.9 Å². The molecule has 120 valence electrons. The molecule has 1 atom stereocenters. The molecular weight excluding hydrogens is 366 g/mol. The summed E-state index contributed by atoms with van der Waals surface area (Å²) in [5.41, 5.74) is -0.0120. The van der Waals surface area contributed by atoms with Gasteiger partial charge in [0.1, 0.15) is 15.5 Å². The maximum Gasteiger partial charge on any atom is 0.306 e. The number of hydrogen-bond acceptors (Lipinski definition) is 6. The van der Waals surface area contributed by atoms with Crippen LogP contribution < -0.4 is 4.90 Å². The van der Waals surface area contributed by atoms with Crippen LogP contribution >= 0.6 is 27.3 Å². The van der Waals surface area contributed by atoms with E-state index in [1.807, 2.05) is 20.8 Å². The number of thiazole rings is 1. The Morgan fingerprint density at radius 1 is 1.59 bits per heavy atom. The average molecular weight is 386 g/mol. The van der Waals surface area contributed by atoms with E-state index >= 15 is 0 Å². The van der Waals surface area contributed by atoms with Gasteiger partial charge in [0.2, 0.25) is 0 Å². The molecule has 1 aromatic rings. The van der Waals surface area contributed by atoms with E-state index in [1.165, 1.54) is 11.3 Å². The minimum atomic E-state index is -0.437. The first kappa shape index (κ1) is 17.2. The van der Waals surface area contributed by atoms with Crippen molar-refractivity contribution < 1.29 is 9.53 Å². The van der Waals surface area contributed by atoms with Crippen LogP contribution in [0.2, 0.25) is 0 Å². The van der Waals surface area contributed by atoms with Crippen LogP contribution in [-0.4, -0.2) is 29.6 Å². The summed E-state index contributed by atoms with van der Waals surface area (Å²) in [6.07, 6.45) is 2.48. The third-order valence-electron chi connectivity index (χ3n) is 3.35. The van der Waals surface area contributed by atoms with Gasteiger partial charge in [-0.05, 0) is 55.5 Å². The summed E-state index contributed by atoms with van der Waals surface area (Å²) in [4.78, 5) is 18.5. The number of carbonyl (C=O) groups is 1. The molecule has 1 aliphatic heterocycles. The smallest absolute Gasteiger partial charge is 0.306 e. The van der Waals surface area contributed by atoms with Crippen molar-refractivity contribution in [1.29, 1.82) is 5.26 Å². The molecule has 0 bridgehead atoms. The molecule has 1 aliphatic rings. The van der Waals surface area contributed by atoms with Crippen LogP contribution in [0.3, 0.4) is 0 Å². The summed E-state index contributed by atoms with van der Waals surface area (Å²) in [5, 5.41) is 9.84. The zero-order valence-corrected chi connectivity index (χ0v) is 15.5. The van der Waals surface area contributed by atoms with Crippen molar-refractivity contribution in [3.05, 3.63) is 9.48 Å². The summed E-state index contributed by atoms with van der Waals surface area (Å²) in [5.74, 6) is 0.134. The van der Waals surface area contributed by atoms with Gasteiger partial charge in [-0.2, -0.15) is 5.26 Å². The van der Waals surface area contributed by atoms with Gasteiger partial charge >= 0.3 is 5.97 Å². The van der Waals surface area contributed by atoms with Gasteiger partial charge in [-0.3, -0.25) is 4.79 Å². The molecule has 1 aromatic heterocycles. The fourth-order valence-corrected chi connectivity index (χ4v) is 3.91. The molecule has 7 heteroatoms. The topological polar surface area (TPSA) is 66.2 Å². The number of aromatic nitrogens is 1. The number of halogens is 1. The highest BCUT2D eigenvalue weighted by Crippen LogP contribution is 2.33.